The van der Waals surface area contributed by atoms with Crippen LogP contribution in [0.5, 0.6) is 0 Å². The van der Waals surface area contributed by atoms with Crippen molar-refractivity contribution in [3.63, 3.8) is 0 Å². The predicted octanol–water partition coefficient (Wildman–Crippen LogP) is 2.44. The molecule has 0 spiro atoms. The average molecular weight is 110 g/mol. The van der Waals surface area contributed by atoms with E-state index in [1.807, 2.05) is 0 Å². The molecule has 2 bridgehead atoms. The molecule has 3 fully saturated rings. The third kappa shape index (κ3) is 0.340. The first-order valence-electron chi connectivity index (χ1n) is 3.72. The van der Waals surface area contributed by atoms with Gasteiger partial charge in [-0.25, -0.2) is 0 Å². The Morgan fingerprint density at radius 1 is 1.50 bits per heavy atom. The van der Waals surface area contributed by atoms with Gasteiger partial charge in [0.15, 0.2) is 0 Å². The highest BCUT2D eigenvalue weighted by molar-refractivity contribution is 5.02. The molecule has 0 radical (unpaired) electrons. The Bertz CT molecular complexity index is 113. The van der Waals surface area contributed by atoms with Crippen LogP contribution in [0, 0.1) is 17.3 Å². The summed E-state index contributed by atoms with van der Waals surface area (Å²) in [6.07, 6.45) is 4.57. The lowest BCUT2D eigenvalue weighted by Crippen LogP contribution is -2.34. The lowest BCUT2D eigenvalue weighted by molar-refractivity contribution is 0.0671. The van der Waals surface area contributed by atoms with Crippen LogP contribution in [0.15, 0.2) is 0 Å². The van der Waals surface area contributed by atoms with Crippen molar-refractivity contribution >= 4 is 0 Å². The summed E-state index contributed by atoms with van der Waals surface area (Å²) in [5, 5.41) is 0. The second kappa shape index (κ2) is 1.12. The lowest BCUT2D eigenvalue weighted by Gasteiger charge is -2.42. The molecule has 3 saturated carbocycles. The topological polar surface area (TPSA) is 0 Å². The third-order valence-corrected chi connectivity index (χ3v) is 3.62. The van der Waals surface area contributed by atoms with E-state index in [1.54, 1.807) is 0 Å². The minimum absolute atomic E-state index is 0.796. The number of hydrogen-bond donors (Lipinski definition) is 0. The van der Waals surface area contributed by atoms with Crippen molar-refractivity contribution in [1.29, 1.82) is 0 Å². The summed E-state index contributed by atoms with van der Waals surface area (Å²) in [6.45, 7) is 4.86. The summed E-state index contributed by atoms with van der Waals surface area (Å²) in [7, 11) is 0. The first kappa shape index (κ1) is 4.84. The van der Waals surface area contributed by atoms with E-state index in [4.69, 9.17) is 0 Å². The average Bonchev–Trinajstić information content (AvgIpc) is 2.21. The monoisotopic (exact) mass is 110 g/mol. The fourth-order valence-electron chi connectivity index (χ4n) is 2.57. The molecule has 3 aliphatic rings. The van der Waals surface area contributed by atoms with Crippen LogP contribution in [-0.2, 0) is 0 Å². The highest BCUT2D eigenvalue weighted by Gasteiger charge is 2.52. The summed E-state index contributed by atoms with van der Waals surface area (Å²) in [6, 6.07) is 0. The van der Waals surface area contributed by atoms with Crippen LogP contribution >= 0.6 is 0 Å². The van der Waals surface area contributed by atoms with E-state index in [-0.39, 0.29) is 0 Å². The van der Waals surface area contributed by atoms with Crippen LogP contribution in [0.25, 0.3) is 0 Å². The molecule has 46 valence electrons. The van der Waals surface area contributed by atoms with Crippen LogP contribution in [0.2, 0.25) is 0 Å². The second-order valence-corrected chi connectivity index (χ2v) is 3.95. The Labute approximate surface area is 51.3 Å². The smallest absolute Gasteiger partial charge is 0.0295 e. The largest absolute Gasteiger partial charge is 0.0617 e. The molecule has 8 heavy (non-hydrogen) atoms. The highest BCUT2D eigenvalue weighted by Crippen LogP contribution is 2.62. The van der Waals surface area contributed by atoms with E-state index < -0.39 is 0 Å². The minimum Gasteiger partial charge on any atom is -0.0617 e. The zero-order valence-corrected chi connectivity index (χ0v) is 5.78. The van der Waals surface area contributed by atoms with Gasteiger partial charge in [-0.05, 0) is 36.5 Å². The molecule has 3 atom stereocenters. The van der Waals surface area contributed by atoms with Crippen molar-refractivity contribution in [1.82, 2.24) is 0 Å². The van der Waals surface area contributed by atoms with Gasteiger partial charge in [-0.1, -0.05) is 13.8 Å². The van der Waals surface area contributed by atoms with Gasteiger partial charge < -0.3 is 0 Å². The van der Waals surface area contributed by atoms with Gasteiger partial charge in [0, 0.05) is 0 Å². The van der Waals surface area contributed by atoms with Crippen molar-refractivity contribution in [2.45, 2.75) is 33.1 Å². The van der Waals surface area contributed by atoms with Gasteiger partial charge in [0.1, 0.15) is 0 Å². The van der Waals surface area contributed by atoms with Gasteiger partial charge in [0.05, 0.1) is 0 Å². The van der Waals surface area contributed by atoms with Crippen molar-refractivity contribution in [2.24, 2.45) is 17.3 Å². The van der Waals surface area contributed by atoms with E-state index in [0.29, 0.717) is 0 Å². The van der Waals surface area contributed by atoms with Crippen molar-refractivity contribution < 1.29 is 0 Å². The fourth-order valence-corrected chi connectivity index (χ4v) is 2.57. The minimum atomic E-state index is 0.796. The van der Waals surface area contributed by atoms with Crippen molar-refractivity contribution in [3.05, 3.63) is 0 Å². The summed E-state index contributed by atoms with van der Waals surface area (Å²) < 4.78 is 0. The zero-order chi connectivity index (χ0) is 5.78. The van der Waals surface area contributed by atoms with Crippen LogP contribution in [0.3, 0.4) is 0 Å². The van der Waals surface area contributed by atoms with Crippen molar-refractivity contribution in [3.8, 4) is 0 Å². The van der Waals surface area contributed by atoms with Crippen molar-refractivity contribution in [2.75, 3.05) is 0 Å². The van der Waals surface area contributed by atoms with E-state index in [0.717, 1.165) is 17.3 Å². The number of hydrogen-bond acceptors (Lipinski definition) is 0. The van der Waals surface area contributed by atoms with E-state index in [2.05, 4.69) is 13.8 Å². The van der Waals surface area contributed by atoms with Crippen LogP contribution in [-0.4, -0.2) is 0 Å². The Balaban J connectivity index is 2.22. The quantitative estimate of drug-likeness (QED) is 0.449. The van der Waals surface area contributed by atoms with Gasteiger partial charge in [0.25, 0.3) is 0 Å². The molecule has 0 N–H and O–H groups in total. The molecular weight excluding hydrogens is 96.1 g/mol. The van der Waals surface area contributed by atoms with Gasteiger partial charge >= 0.3 is 0 Å². The molecule has 0 heteroatoms. The van der Waals surface area contributed by atoms with Gasteiger partial charge in [0.2, 0.25) is 0 Å². The first-order chi connectivity index (χ1) is 3.72. The third-order valence-electron chi connectivity index (χ3n) is 3.62. The molecule has 3 rings (SSSR count). The molecule has 0 heterocycles. The molecule has 0 aliphatic heterocycles. The Morgan fingerprint density at radius 2 is 2.25 bits per heavy atom. The van der Waals surface area contributed by atoms with Crippen LogP contribution in [0.1, 0.15) is 33.1 Å². The lowest BCUT2D eigenvalue weighted by atomic mass is 9.62. The van der Waals surface area contributed by atoms with Gasteiger partial charge in [-0.3, -0.25) is 0 Å². The summed E-state index contributed by atoms with van der Waals surface area (Å²) in [4.78, 5) is 0. The maximum Gasteiger partial charge on any atom is -0.0295 e. The molecule has 0 amide bonds. The maximum atomic E-state index is 2.45. The number of rotatable bonds is 0. The molecule has 2 unspecified atom stereocenters. The van der Waals surface area contributed by atoms with Crippen LogP contribution in [0.4, 0.5) is 0 Å². The highest BCUT2D eigenvalue weighted by atomic mass is 14.6. The Morgan fingerprint density at radius 3 is 2.38 bits per heavy atom. The van der Waals surface area contributed by atoms with E-state index in [9.17, 15) is 0 Å². The fraction of sp³-hybridized carbons (Fsp3) is 1.00. The summed E-state index contributed by atoms with van der Waals surface area (Å²) in [5.74, 6) is 2.18. The molecule has 0 aromatic heterocycles. The van der Waals surface area contributed by atoms with Gasteiger partial charge in [-0.2, -0.15) is 0 Å². The normalized spacial score (nSPS) is 60.8. The Hall–Kier alpha value is 0. The summed E-state index contributed by atoms with van der Waals surface area (Å²) in [5.41, 5.74) is 0.796. The number of fused-ring (bicyclic) bond motifs is 1. The second-order valence-electron chi connectivity index (χ2n) is 3.95. The molecule has 0 saturated heterocycles. The summed E-state index contributed by atoms with van der Waals surface area (Å²) >= 11 is 0. The zero-order valence-electron chi connectivity index (χ0n) is 5.78. The molecule has 0 nitrogen and oxygen atoms in total. The SMILES string of the molecule is CC1C2CC[C@@]1(C)C2. The molecule has 3 aliphatic carbocycles. The maximum absolute atomic E-state index is 2.45. The van der Waals surface area contributed by atoms with E-state index in [1.165, 1.54) is 19.3 Å². The predicted molar refractivity (Wildman–Crippen MR) is 34.6 cm³/mol. The standard InChI is InChI=1S/C8H14/c1-6-7-3-4-8(6,2)5-7/h6-7H,3-5H2,1-2H3/t6?,7?,8-/m0/s1. The molecular formula is C8H14. The van der Waals surface area contributed by atoms with Crippen LogP contribution < -0.4 is 0 Å². The molecule has 0 aromatic carbocycles. The first-order valence-corrected chi connectivity index (χ1v) is 3.72. The molecule has 0 aromatic rings. The van der Waals surface area contributed by atoms with E-state index >= 15 is 0 Å². The Kier molecular flexibility index (Phi) is 0.678. The van der Waals surface area contributed by atoms with Gasteiger partial charge in [-0.15, -0.1) is 0 Å².